The lowest BCUT2D eigenvalue weighted by molar-refractivity contribution is -0.579. The van der Waals surface area contributed by atoms with Gasteiger partial charge in [-0.1, -0.05) is 0 Å². The Labute approximate surface area is 227 Å². The van der Waals surface area contributed by atoms with Gasteiger partial charge >= 0.3 is 5.65 Å². The molecule has 12 nitrogen and oxygen atoms in total. The van der Waals surface area contributed by atoms with Crippen LogP contribution in [-0.4, -0.2) is 72.8 Å². The van der Waals surface area contributed by atoms with Crippen LogP contribution in [0.25, 0.3) is 11.2 Å². The van der Waals surface area contributed by atoms with Crippen molar-refractivity contribution in [2.45, 2.75) is 32.4 Å². The van der Waals surface area contributed by atoms with E-state index in [9.17, 15) is 23.6 Å². The first-order chi connectivity index (χ1) is 19.0. The number of pyridine rings is 1. The molecule has 0 radical (unpaired) electrons. The first kappa shape index (κ1) is 26.9. The lowest BCUT2D eigenvalue weighted by atomic mass is 9.96. The van der Waals surface area contributed by atoms with E-state index in [1.54, 1.807) is 11.8 Å². The van der Waals surface area contributed by atoms with Crippen LogP contribution in [-0.2, 0) is 4.79 Å². The van der Waals surface area contributed by atoms with E-state index in [0.717, 1.165) is 12.1 Å². The van der Waals surface area contributed by atoms with E-state index in [2.05, 4.69) is 25.3 Å². The number of halogens is 2. The van der Waals surface area contributed by atoms with Gasteiger partial charge in [-0.3, -0.25) is 14.5 Å². The van der Waals surface area contributed by atoms with Crippen molar-refractivity contribution in [2.24, 2.45) is 0 Å². The second kappa shape index (κ2) is 10.4. The van der Waals surface area contributed by atoms with Crippen molar-refractivity contribution in [3.05, 3.63) is 71.6 Å². The Morgan fingerprint density at radius 3 is 2.67 bits per heavy atom. The number of hydrogen-bond donors (Lipinski definition) is 2. The quantitative estimate of drug-likeness (QED) is 0.275. The Bertz CT molecular complexity index is 1580. The lowest BCUT2D eigenvalue weighted by Gasteiger charge is -2.48. The van der Waals surface area contributed by atoms with Crippen LogP contribution < -0.4 is 14.8 Å². The Morgan fingerprint density at radius 1 is 1.18 bits per heavy atom. The molecular formula is C26H26F2N8O4. The molecule has 4 aromatic rings. The normalized spacial score (nSPS) is 16.1. The van der Waals surface area contributed by atoms with Gasteiger partial charge in [0.25, 0.3) is 5.91 Å². The number of fused-ring (bicyclic) bond motifs is 1. The summed E-state index contributed by atoms with van der Waals surface area (Å²) in [5.74, 6) is -2.27. The number of piperazine rings is 1. The Balaban J connectivity index is 1.21. The molecule has 208 valence electrons. The van der Waals surface area contributed by atoms with Crippen LogP contribution in [0.3, 0.4) is 0 Å². The third-order valence-corrected chi connectivity index (χ3v) is 6.79. The summed E-state index contributed by atoms with van der Waals surface area (Å²) in [5, 5.41) is 14.7. The summed E-state index contributed by atoms with van der Waals surface area (Å²) in [5.41, 5.74) is 0.194. The van der Waals surface area contributed by atoms with E-state index in [0.29, 0.717) is 41.5 Å². The fourth-order valence-electron chi connectivity index (χ4n) is 4.67. The average Bonchev–Trinajstić information content (AvgIpc) is 3.41. The van der Waals surface area contributed by atoms with Crippen molar-refractivity contribution in [1.29, 1.82) is 0 Å². The van der Waals surface area contributed by atoms with Crippen LogP contribution in [0.2, 0.25) is 0 Å². The van der Waals surface area contributed by atoms with E-state index in [1.807, 2.05) is 18.7 Å². The van der Waals surface area contributed by atoms with Crippen molar-refractivity contribution >= 4 is 28.8 Å². The summed E-state index contributed by atoms with van der Waals surface area (Å²) >= 11 is 0. The number of aromatic nitrogens is 5. The molecule has 3 aromatic heterocycles. The van der Waals surface area contributed by atoms with Gasteiger partial charge in [0, 0.05) is 25.7 Å². The number of anilines is 1. The SMILES string of the molecule is C[C@@H](C(=O)Nc1cnc(Oc2ccc(F)cc2F)cn1)N1CCN(C(=O)c2cc[n+]([O-])c3[nH]cnc23)C(C)(C)C1. The fraction of sp³-hybridized carbons (Fsp3) is 0.308. The molecule has 0 aliphatic carbocycles. The second-order valence-corrected chi connectivity index (χ2v) is 9.98. The minimum Gasteiger partial charge on any atom is -0.711 e. The molecule has 0 bridgehead atoms. The highest BCUT2D eigenvalue weighted by molar-refractivity contribution is 6.03. The molecule has 1 aromatic carbocycles. The van der Waals surface area contributed by atoms with Gasteiger partial charge in [0.15, 0.2) is 29.2 Å². The number of ether oxygens (including phenoxy) is 1. The summed E-state index contributed by atoms with van der Waals surface area (Å²) in [4.78, 5) is 45.2. The fourth-order valence-corrected chi connectivity index (χ4v) is 4.67. The summed E-state index contributed by atoms with van der Waals surface area (Å²) in [6.07, 6.45) is 5.12. The molecule has 1 saturated heterocycles. The number of carbonyl (C=O) groups excluding carboxylic acids is 2. The number of amides is 2. The summed E-state index contributed by atoms with van der Waals surface area (Å²) in [7, 11) is 0. The van der Waals surface area contributed by atoms with E-state index in [1.165, 1.54) is 31.0 Å². The van der Waals surface area contributed by atoms with Gasteiger partial charge in [0.1, 0.15) is 5.82 Å². The van der Waals surface area contributed by atoms with Crippen LogP contribution in [0.1, 0.15) is 31.1 Å². The number of nitrogens with zero attached hydrogens (tertiary/aromatic N) is 6. The molecule has 0 spiro atoms. The van der Waals surface area contributed by atoms with Gasteiger partial charge < -0.3 is 20.2 Å². The van der Waals surface area contributed by atoms with Gasteiger partial charge in [0.05, 0.1) is 35.7 Å². The van der Waals surface area contributed by atoms with E-state index < -0.39 is 23.2 Å². The summed E-state index contributed by atoms with van der Waals surface area (Å²) in [6.45, 7) is 6.77. The molecule has 5 rings (SSSR count). The molecule has 14 heteroatoms. The number of imidazole rings is 1. The number of aromatic amines is 1. The highest BCUT2D eigenvalue weighted by Crippen LogP contribution is 2.27. The number of hydrogen-bond acceptors (Lipinski definition) is 8. The van der Waals surface area contributed by atoms with Crippen molar-refractivity contribution in [3.63, 3.8) is 0 Å². The molecule has 2 amide bonds. The number of H-pyrrole nitrogens is 1. The van der Waals surface area contributed by atoms with E-state index >= 15 is 0 Å². The maximum absolute atomic E-state index is 13.8. The minimum atomic E-state index is -0.883. The van der Waals surface area contributed by atoms with Crippen LogP contribution in [0.15, 0.2) is 49.2 Å². The van der Waals surface area contributed by atoms with E-state index in [-0.39, 0.29) is 34.9 Å². The number of nitrogens with one attached hydrogen (secondary N) is 2. The minimum absolute atomic E-state index is 0.0327. The molecule has 1 atom stereocenters. The second-order valence-electron chi connectivity index (χ2n) is 9.98. The van der Waals surface area contributed by atoms with Crippen molar-refractivity contribution < 1.29 is 27.8 Å². The summed E-state index contributed by atoms with van der Waals surface area (Å²) < 4.78 is 32.8. The van der Waals surface area contributed by atoms with Crippen LogP contribution >= 0.6 is 0 Å². The Morgan fingerprint density at radius 2 is 1.98 bits per heavy atom. The molecular weight excluding hydrogens is 526 g/mol. The first-order valence-electron chi connectivity index (χ1n) is 12.4. The summed E-state index contributed by atoms with van der Waals surface area (Å²) in [6, 6.07) is 3.79. The highest BCUT2D eigenvalue weighted by atomic mass is 19.1. The van der Waals surface area contributed by atoms with Gasteiger partial charge in [-0.25, -0.2) is 33.4 Å². The monoisotopic (exact) mass is 552 g/mol. The van der Waals surface area contributed by atoms with Crippen LogP contribution in [0.4, 0.5) is 14.6 Å². The number of benzene rings is 1. The van der Waals surface area contributed by atoms with Gasteiger partial charge in [-0.2, -0.15) is 0 Å². The maximum atomic E-state index is 13.8. The molecule has 1 aliphatic rings. The molecule has 1 aliphatic heterocycles. The smallest absolute Gasteiger partial charge is 0.310 e. The van der Waals surface area contributed by atoms with Gasteiger partial charge in [-0.05, 0) is 39.0 Å². The number of carbonyl (C=O) groups is 2. The third-order valence-electron chi connectivity index (χ3n) is 6.79. The topological polar surface area (TPSA) is 143 Å². The molecule has 0 unspecified atom stereocenters. The molecule has 4 heterocycles. The zero-order valence-electron chi connectivity index (χ0n) is 21.9. The zero-order valence-corrected chi connectivity index (χ0v) is 21.9. The average molecular weight is 553 g/mol. The maximum Gasteiger partial charge on any atom is 0.310 e. The van der Waals surface area contributed by atoms with Crippen molar-refractivity contribution in [3.8, 4) is 11.6 Å². The zero-order chi connectivity index (χ0) is 28.6. The molecule has 2 N–H and O–H groups in total. The van der Waals surface area contributed by atoms with Gasteiger partial charge in [0.2, 0.25) is 11.8 Å². The number of rotatable bonds is 6. The molecule has 1 fully saturated rings. The van der Waals surface area contributed by atoms with Crippen LogP contribution in [0.5, 0.6) is 11.6 Å². The van der Waals surface area contributed by atoms with E-state index in [4.69, 9.17) is 4.74 Å². The van der Waals surface area contributed by atoms with Gasteiger partial charge in [-0.15, -0.1) is 0 Å². The predicted octanol–water partition coefficient (Wildman–Crippen LogP) is 2.62. The van der Waals surface area contributed by atoms with Crippen LogP contribution in [0, 0.1) is 16.8 Å². The Hall–Kier alpha value is -4.72. The van der Waals surface area contributed by atoms with Crippen molar-refractivity contribution in [1.82, 2.24) is 29.7 Å². The molecule has 40 heavy (non-hydrogen) atoms. The third kappa shape index (κ3) is 5.25. The first-order valence-corrected chi connectivity index (χ1v) is 12.4. The lowest BCUT2D eigenvalue weighted by Crippen LogP contribution is -2.63. The standard InChI is InChI=1S/C26H26F2N8O4/c1-15(24(37)33-20-11-30-21(12-29-20)40-19-5-4-16(27)10-18(19)28)34-8-9-35(26(2,3)13-34)25(38)17-6-7-36(39)23-22(17)31-14-32-23/h4-7,10-12,14-15H,8-9,13H2,1-3H3,(H,31,32)(H,29,33,37)/t15-/m0/s1. The highest BCUT2D eigenvalue weighted by Gasteiger charge is 2.40. The predicted molar refractivity (Wildman–Crippen MR) is 138 cm³/mol. The largest absolute Gasteiger partial charge is 0.711 e. The van der Waals surface area contributed by atoms with Crippen molar-refractivity contribution in [2.75, 3.05) is 25.0 Å². The molecule has 0 saturated carbocycles. The Kier molecular flexibility index (Phi) is 7.02.